The number of aryl methyl sites for hydroxylation is 1. The molecule has 0 radical (unpaired) electrons. The number of carbonyl (C=O) groups is 1. The number of nitrogens with zero attached hydrogens (tertiary/aromatic N) is 5. The number of fused-ring (bicyclic) bond motifs is 1. The lowest BCUT2D eigenvalue weighted by atomic mass is 10.0. The lowest BCUT2D eigenvalue weighted by Gasteiger charge is -2.06. The Hall–Kier alpha value is -3.62. The molecular weight excluding hydrogens is 366 g/mol. The van der Waals surface area contributed by atoms with Crippen LogP contribution in [0, 0.1) is 11.6 Å². The standard InChI is InChI=1S/C19H16F2N6O/c1-2-27-23-10-18(25-27)24-19(28)11-26-17-6-4-12(7-14(17)9-22-26)13-3-5-15(20)16(21)8-13/h3-10H,2,11H2,1H3,(H,24,25,28). The summed E-state index contributed by atoms with van der Waals surface area (Å²) < 4.78 is 28.2. The average molecular weight is 382 g/mol. The highest BCUT2D eigenvalue weighted by Crippen LogP contribution is 2.25. The Balaban J connectivity index is 1.54. The van der Waals surface area contributed by atoms with Gasteiger partial charge in [-0.1, -0.05) is 12.1 Å². The summed E-state index contributed by atoms with van der Waals surface area (Å²) in [5.74, 6) is -1.69. The van der Waals surface area contributed by atoms with Crippen LogP contribution in [0.1, 0.15) is 6.92 Å². The Kier molecular flexibility index (Phi) is 4.56. The minimum atomic E-state index is -0.898. The number of hydrogen-bond acceptors (Lipinski definition) is 4. The summed E-state index contributed by atoms with van der Waals surface area (Å²) in [5.41, 5.74) is 2.04. The Morgan fingerprint density at radius 3 is 2.57 bits per heavy atom. The molecule has 1 amide bonds. The van der Waals surface area contributed by atoms with E-state index in [9.17, 15) is 13.6 Å². The van der Waals surface area contributed by atoms with Crippen molar-refractivity contribution in [1.82, 2.24) is 24.8 Å². The maximum Gasteiger partial charge on any atom is 0.247 e. The fourth-order valence-electron chi connectivity index (χ4n) is 2.89. The van der Waals surface area contributed by atoms with Crippen LogP contribution in [-0.2, 0) is 17.9 Å². The first-order valence-electron chi connectivity index (χ1n) is 8.64. The minimum Gasteiger partial charge on any atom is -0.306 e. The van der Waals surface area contributed by atoms with Crippen molar-refractivity contribution in [3.8, 4) is 11.1 Å². The molecule has 2 aromatic heterocycles. The van der Waals surface area contributed by atoms with Crippen LogP contribution < -0.4 is 5.32 Å². The first-order valence-corrected chi connectivity index (χ1v) is 8.64. The van der Waals surface area contributed by atoms with Gasteiger partial charge < -0.3 is 5.32 Å². The topological polar surface area (TPSA) is 77.6 Å². The monoisotopic (exact) mass is 382 g/mol. The summed E-state index contributed by atoms with van der Waals surface area (Å²) in [6.07, 6.45) is 3.11. The van der Waals surface area contributed by atoms with Gasteiger partial charge in [-0.3, -0.25) is 9.48 Å². The molecule has 4 rings (SSSR count). The van der Waals surface area contributed by atoms with E-state index in [1.165, 1.54) is 17.1 Å². The van der Waals surface area contributed by atoms with Gasteiger partial charge in [0.25, 0.3) is 0 Å². The zero-order chi connectivity index (χ0) is 19.7. The second-order valence-corrected chi connectivity index (χ2v) is 6.17. The van der Waals surface area contributed by atoms with Crippen molar-refractivity contribution < 1.29 is 13.6 Å². The van der Waals surface area contributed by atoms with E-state index >= 15 is 0 Å². The molecule has 0 aliphatic rings. The van der Waals surface area contributed by atoms with E-state index in [1.807, 2.05) is 13.0 Å². The number of hydrogen-bond donors (Lipinski definition) is 1. The largest absolute Gasteiger partial charge is 0.306 e. The van der Waals surface area contributed by atoms with Gasteiger partial charge in [0.05, 0.1) is 24.5 Å². The lowest BCUT2D eigenvalue weighted by Crippen LogP contribution is -2.19. The van der Waals surface area contributed by atoms with E-state index < -0.39 is 11.6 Å². The van der Waals surface area contributed by atoms with E-state index in [0.717, 1.165) is 28.6 Å². The molecule has 7 nitrogen and oxygen atoms in total. The van der Waals surface area contributed by atoms with Gasteiger partial charge in [-0.15, -0.1) is 5.10 Å². The molecule has 4 aromatic rings. The molecule has 0 atom stereocenters. The first-order chi connectivity index (χ1) is 13.5. The Morgan fingerprint density at radius 2 is 1.82 bits per heavy atom. The third-order valence-corrected chi connectivity index (χ3v) is 4.27. The van der Waals surface area contributed by atoms with Crippen molar-refractivity contribution in [3.63, 3.8) is 0 Å². The molecule has 0 aliphatic carbocycles. The van der Waals surface area contributed by atoms with Gasteiger partial charge in [0.1, 0.15) is 6.54 Å². The summed E-state index contributed by atoms with van der Waals surface area (Å²) in [6.45, 7) is 2.52. The normalized spacial score (nSPS) is 11.1. The maximum atomic E-state index is 13.5. The molecule has 0 saturated heterocycles. The third-order valence-electron chi connectivity index (χ3n) is 4.27. The smallest absolute Gasteiger partial charge is 0.247 e. The molecule has 0 unspecified atom stereocenters. The predicted octanol–water partition coefficient (Wildman–Crippen LogP) is 3.23. The van der Waals surface area contributed by atoms with Crippen LogP contribution in [-0.4, -0.2) is 30.7 Å². The van der Waals surface area contributed by atoms with Crippen LogP contribution in [0.4, 0.5) is 14.6 Å². The molecular formula is C19H16F2N6O. The fourth-order valence-corrected chi connectivity index (χ4v) is 2.89. The van der Waals surface area contributed by atoms with Crippen molar-refractivity contribution in [2.24, 2.45) is 0 Å². The van der Waals surface area contributed by atoms with Crippen LogP contribution >= 0.6 is 0 Å². The van der Waals surface area contributed by atoms with Gasteiger partial charge in [0.2, 0.25) is 5.91 Å². The van der Waals surface area contributed by atoms with E-state index in [1.54, 1.807) is 23.0 Å². The van der Waals surface area contributed by atoms with Gasteiger partial charge in [-0.2, -0.15) is 15.0 Å². The van der Waals surface area contributed by atoms with Crippen LogP contribution in [0.2, 0.25) is 0 Å². The van der Waals surface area contributed by atoms with E-state index in [0.29, 0.717) is 17.9 Å². The molecule has 0 spiro atoms. The third kappa shape index (κ3) is 3.46. The second-order valence-electron chi connectivity index (χ2n) is 6.17. The van der Waals surface area contributed by atoms with E-state index in [4.69, 9.17) is 0 Å². The molecule has 0 fully saturated rings. The molecule has 0 bridgehead atoms. The first kappa shape index (κ1) is 17.8. The highest BCUT2D eigenvalue weighted by atomic mass is 19.2. The Bertz CT molecular complexity index is 1170. The van der Waals surface area contributed by atoms with Crippen molar-refractivity contribution in [2.45, 2.75) is 20.0 Å². The van der Waals surface area contributed by atoms with Crippen LogP contribution in [0.15, 0.2) is 48.8 Å². The number of aromatic nitrogens is 5. The molecule has 28 heavy (non-hydrogen) atoms. The minimum absolute atomic E-state index is 0.00695. The van der Waals surface area contributed by atoms with Gasteiger partial charge in [-0.25, -0.2) is 8.78 Å². The van der Waals surface area contributed by atoms with Crippen molar-refractivity contribution in [3.05, 3.63) is 60.4 Å². The SMILES string of the molecule is CCn1ncc(NC(=O)Cn2ncc3cc(-c4ccc(F)c(F)c4)ccc32)n1. The molecule has 142 valence electrons. The highest BCUT2D eigenvalue weighted by Gasteiger charge is 2.11. The molecule has 1 N–H and O–H groups in total. The number of nitrogens with one attached hydrogen (secondary N) is 1. The van der Waals surface area contributed by atoms with Crippen LogP contribution in [0.3, 0.4) is 0 Å². The number of anilines is 1. The van der Waals surface area contributed by atoms with Gasteiger partial charge in [-0.05, 0) is 42.3 Å². The summed E-state index contributed by atoms with van der Waals surface area (Å²) in [4.78, 5) is 13.7. The molecule has 9 heteroatoms. The van der Waals surface area contributed by atoms with Crippen molar-refractivity contribution >= 4 is 22.6 Å². The summed E-state index contributed by atoms with van der Waals surface area (Å²) in [7, 11) is 0. The predicted molar refractivity (Wildman–Crippen MR) is 99.4 cm³/mol. The summed E-state index contributed by atoms with van der Waals surface area (Å²) in [5, 5.41) is 15.8. The van der Waals surface area contributed by atoms with Gasteiger partial charge >= 0.3 is 0 Å². The van der Waals surface area contributed by atoms with Crippen molar-refractivity contribution in [1.29, 1.82) is 0 Å². The van der Waals surface area contributed by atoms with Crippen LogP contribution in [0.25, 0.3) is 22.0 Å². The number of benzene rings is 2. The Morgan fingerprint density at radius 1 is 1.04 bits per heavy atom. The number of amides is 1. The zero-order valence-corrected chi connectivity index (χ0v) is 14.9. The van der Waals surface area contributed by atoms with E-state index in [2.05, 4.69) is 20.6 Å². The highest BCUT2D eigenvalue weighted by molar-refractivity contribution is 5.91. The van der Waals surface area contributed by atoms with Gasteiger partial charge in [0.15, 0.2) is 17.5 Å². The van der Waals surface area contributed by atoms with Crippen LogP contribution in [0.5, 0.6) is 0 Å². The maximum absolute atomic E-state index is 13.5. The molecule has 0 aliphatic heterocycles. The average Bonchev–Trinajstić information content (AvgIpc) is 3.30. The summed E-state index contributed by atoms with van der Waals surface area (Å²) in [6, 6.07) is 9.14. The number of halogens is 2. The molecule has 2 heterocycles. The quantitative estimate of drug-likeness (QED) is 0.575. The number of carbonyl (C=O) groups excluding carboxylic acids is 1. The molecule has 0 saturated carbocycles. The van der Waals surface area contributed by atoms with E-state index in [-0.39, 0.29) is 12.5 Å². The zero-order valence-electron chi connectivity index (χ0n) is 14.9. The van der Waals surface area contributed by atoms with Crippen molar-refractivity contribution in [2.75, 3.05) is 5.32 Å². The molecule has 2 aromatic carbocycles. The fraction of sp³-hybridized carbons (Fsp3) is 0.158. The number of rotatable bonds is 5. The summed E-state index contributed by atoms with van der Waals surface area (Å²) >= 11 is 0. The lowest BCUT2D eigenvalue weighted by molar-refractivity contribution is -0.116. The Labute approximate surface area is 158 Å². The second kappa shape index (κ2) is 7.18. The van der Waals surface area contributed by atoms with Gasteiger partial charge in [0, 0.05) is 5.39 Å².